The van der Waals surface area contributed by atoms with Crippen LogP contribution in [0.1, 0.15) is 38.4 Å². The molecule has 1 atom stereocenters. The van der Waals surface area contributed by atoms with Crippen molar-refractivity contribution >= 4 is 17.3 Å². The van der Waals surface area contributed by atoms with E-state index in [1.807, 2.05) is 18.2 Å². The molecule has 0 amide bonds. The number of nitrogens with two attached hydrogens (primary N) is 1. The molecule has 1 aliphatic carbocycles. The summed E-state index contributed by atoms with van der Waals surface area (Å²) in [7, 11) is 0. The zero-order chi connectivity index (χ0) is 28.6. The van der Waals surface area contributed by atoms with Crippen LogP contribution in [0.2, 0.25) is 0 Å². The Labute approximate surface area is 238 Å². The molecule has 6 rings (SSSR count). The van der Waals surface area contributed by atoms with Gasteiger partial charge in [0.2, 0.25) is 5.82 Å². The maximum absolute atomic E-state index is 14.5. The van der Waals surface area contributed by atoms with Gasteiger partial charge in [0.05, 0.1) is 24.5 Å². The van der Waals surface area contributed by atoms with Crippen LogP contribution in [0.15, 0.2) is 42.6 Å². The van der Waals surface area contributed by atoms with E-state index in [1.165, 1.54) is 0 Å². The second-order valence-electron chi connectivity index (χ2n) is 11.4. The van der Waals surface area contributed by atoms with Gasteiger partial charge < -0.3 is 20.6 Å². The maximum atomic E-state index is 14.5. The molecule has 41 heavy (non-hydrogen) atoms. The second kappa shape index (κ2) is 10.7. The summed E-state index contributed by atoms with van der Waals surface area (Å²) >= 11 is 0. The largest absolute Gasteiger partial charge is 0.507 e. The number of nitrogens with zero attached hydrogens (tertiary/aromatic N) is 7. The number of likely N-dealkylation sites (tertiary alicyclic amines) is 1. The highest BCUT2D eigenvalue weighted by atomic mass is 19.3. The van der Waals surface area contributed by atoms with Gasteiger partial charge in [-0.25, -0.2) is 18.7 Å². The highest BCUT2D eigenvalue weighted by Gasteiger charge is 2.62. The Morgan fingerprint density at radius 1 is 1.10 bits per heavy atom. The van der Waals surface area contributed by atoms with Crippen molar-refractivity contribution < 1.29 is 13.9 Å². The Morgan fingerprint density at radius 2 is 1.93 bits per heavy atom. The van der Waals surface area contributed by atoms with E-state index >= 15 is 0 Å². The van der Waals surface area contributed by atoms with E-state index in [-0.39, 0.29) is 24.9 Å². The van der Waals surface area contributed by atoms with Gasteiger partial charge in [0.15, 0.2) is 5.82 Å². The standard InChI is InChI=1S/C30H34F2N8O/c1-21-10-15-39(24-18-23(36-37-28(24)33)22-6-2-3-7-25(22)41)16-17-40(21)27-9-13-34-26(35-27)8-4-14-38-19-29(11-5-12-29)30(31,32)20-38/h2-3,6-7,9,13,18,21,41H,5,10-12,14-17,19-20H2,1H3,(H2,33,37). The van der Waals surface area contributed by atoms with Crippen LogP contribution in [0.3, 0.4) is 0 Å². The summed E-state index contributed by atoms with van der Waals surface area (Å²) < 4.78 is 29.0. The van der Waals surface area contributed by atoms with Crippen LogP contribution in [-0.4, -0.2) is 81.4 Å². The molecule has 0 radical (unpaired) electrons. The van der Waals surface area contributed by atoms with Crippen molar-refractivity contribution in [1.82, 2.24) is 25.1 Å². The molecule has 11 heteroatoms. The average molecular weight is 561 g/mol. The second-order valence-corrected chi connectivity index (χ2v) is 11.4. The lowest BCUT2D eigenvalue weighted by Crippen LogP contribution is -2.45. The fourth-order valence-corrected chi connectivity index (χ4v) is 6.19. The number of rotatable bonds is 4. The van der Waals surface area contributed by atoms with Gasteiger partial charge >= 0.3 is 0 Å². The third kappa shape index (κ3) is 5.24. The van der Waals surface area contributed by atoms with E-state index in [0.29, 0.717) is 55.4 Å². The van der Waals surface area contributed by atoms with Crippen molar-refractivity contribution in [1.29, 1.82) is 0 Å². The lowest BCUT2D eigenvalue weighted by atomic mass is 9.66. The van der Waals surface area contributed by atoms with Gasteiger partial charge in [-0.2, -0.15) is 0 Å². The van der Waals surface area contributed by atoms with Crippen molar-refractivity contribution in [3.05, 3.63) is 48.4 Å². The number of halogens is 2. The summed E-state index contributed by atoms with van der Waals surface area (Å²) in [6.07, 6.45) is 4.63. The third-order valence-electron chi connectivity index (χ3n) is 8.75. The fraction of sp³-hybridized carbons (Fsp3) is 0.467. The van der Waals surface area contributed by atoms with Crippen molar-refractivity contribution in [2.45, 2.75) is 44.6 Å². The molecule has 2 aromatic heterocycles. The number of para-hydroxylation sites is 1. The van der Waals surface area contributed by atoms with Crippen LogP contribution in [0, 0.1) is 17.3 Å². The van der Waals surface area contributed by atoms with Crippen LogP contribution in [0.4, 0.5) is 26.1 Å². The summed E-state index contributed by atoms with van der Waals surface area (Å²) in [6, 6.07) is 11.0. The molecule has 4 heterocycles. The molecule has 3 N–H and O–H groups in total. The lowest BCUT2D eigenvalue weighted by Gasteiger charge is -2.42. The van der Waals surface area contributed by atoms with E-state index in [1.54, 1.807) is 29.3 Å². The molecule has 1 aromatic carbocycles. The number of benzene rings is 1. The minimum Gasteiger partial charge on any atom is -0.507 e. The molecule has 3 aromatic rings. The number of anilines is 3. The van der Waals surface area contributed by atoms with Gasteiger partial charge in [-0.05, 0) is 56.4 Å². The summed E-state index contributed by atoms with van der Waals surface area (Å²) in [5.74, 6) is 5.01. The van der Waals surface area contributed by atoms with Crippen LogP contribution < -0.4 is 15.5 Å². The average Bonchev–Trinajstić information content (AvgIpc) is 3.07. The third-order valence-corrected chi connectivity index (χ3v) is 8.75. The molecule has 214 valence electrons. The normalized spacial score (nSPS) is 21.7. The fourth-order valence-electron chi connectivity index (χ4n) is 6.19. The van der Waals surface area contributed by atoms with Gasteiger partial charge in [0.25, 0.3) is 5.92 Å². The molecular formula is C30H34F2N8O. The van der Waals surface area contributed by atoms with Gasteiger partial charge in [0.1, 0.15) is 11.6 Å². The topological polar surface area (TPSA) is 108 Å². The number of alkyl halides is 2. The Bertz CT molecular complexity index is 1480. The minimum atomic E-state index is -2.64. The zero-order valence-corrected chi connectivity index (χ0v) is 23.1. The van der Waals surface area contributed by atoms with E-state index in [9.17, 15) is 13.9 Å². The number of aromatic nitrogens is 4. The number of hydrogen-bond acceptors (Lipinski definition) is 9. The van der Waals surface area contributed by atoms with Crippen molar-refractivity contribution in [2.75, 3.05) is 54.8 Å². The van der Waals surface area contributed by atoms with Crippen LogP contribution in [-0.2, 0) is 0 Å². The van der Waals surface area contributed by atoms with Crippen LogP contribution >= 0.6 is 0 Å². The van der Waals surface area contributed by atoms with Crippen molar-refractivity contribution in [3.63, 3.8) is 0 Å². The van der Waals surface area contributed by atoms with Gasteiger partial charge in [0, 0.05) is 49.4 Å². The first-order valence-corrected chi connectivity index (χ1v) is 14.1. The number of aromatic hydroxyl groups is 1. The number of phenols is 1. The molecule has 1 spiro atoms. The van der Waals surface area contributed by atoms with Crippen molar-refractivity contribution in [2.24, 2.45) is 5.41 Å². The molecule has 2 aliphatic heterocycles. The maximum Gasteiger partial charge on any atom is 0.267 e. The Hall–Kier alpha value is -4.04. The summed E-state index contributed by atoms with van der Waals surface area (Å²) in [5.41, 5.74) is 7.34. The predicted molar refractivity (Wildman–Crippen MR) is 154 cm³/mol. The molecule has 1 unspecified atom stereocenters. The molecular weight excluding hydrogens is 526 g/mol. The summed E-state index contributed by atoms with van der Waals surface area (Å²) in [6.45, 7) is 4.73. The smallest absolute Gasteiger partial charge is 0.267 e. The lowest BCUT2D eigenvalue weighted by molar-refractivity contribution is -0.122. The number of hydrogen-bond donors (Lipinski definition) is 2. The zero-order valence-electron chi connectivity index (χ0n) is 23.1. The first-order valence-electron chi connectivity index (χ1n) is 14.1. The molecule has 0 bridgehead atoms. The molecule has 9 nitrogen and oxygen atoms in total. The Balaban J connectivity index is 1.14. The predicted octanol–water partition coefficient (Wildman–Crippen LogP) is 3.80. The van der Waals surface area contributed by atoms with E-state index in [4.69, 9.17) is 10.7 Å². The molecule has 2 saturated heterocycles. The van der Waals surface area contributed by atoms with Crippen LogP contribution in [0.5, 0.6) is 5.75 Å². The molecule has 3 aliphatic rings. The van der Waals surface area contributed by atoms with Crippen molar-refractivity contribution in [3.8, 4) is 28.8 Å². The Kier molecular flexibility index (Phi) is 7.11. The first kappa shape index (κ1) is 27.1. The first-order chi connectivity index (χ1) is 19.7. The number of nitrogen functional groups attached to an aromatic ring is 1. The van der Waals surface area contributed by atoms with E-state index in [0.717, 1.165) is 30.9 Å². The van der Waals surface area contributed by atoms with Gasteiger partial charge in [-0.3, -0.25) is 4.90 Å². The summed E-state index contributed by atoms with van der Waals surface area (Å²) in [4.78, 5) is 15.2. The van der Waals surface area contributed by atoms with Gasteiger partial charge in [-0.1, -0.05) is 24.5 Å². The van der Waals surface area contributed by atoms with E-state index < -0.39 is 11.3 Å². The molecule has 1 saturated carbocycles. The number of phenolic OH excluding ortho intramolecular Hbond substituents is 1. The monoisotopic (exact) mass is 560 g/mol. The van der Waals surface area contributed by atoms with Crippen LogP contribution in [0.25, 0.3) is 11.3 Å². The Morgan fingerprint density at radius 3 is 2.68 bits per heavy atom. The SMILES string of the molecule is CC1CCN(c2cc(-c3ccccc3O)nnc2N)CCN1c1ccnc(C#CCN2CC(F)(F)C3(CCC3)C2)n1. The van der Waals surface area contributed by atoms with E-state index in [2.05, 4.69) is 43.7 Å². The summed E-state index contributed by atoms with van der Waals surface area (Å²) in [5, 5.41) is 18.7. The van der Waals surface area contributed by atoms with Gasteiger partial charge in [-0.15, -0.1) is 10.2 Å². The molecule has 3 fully saturated rings. The minimum absolute atomic E-state index is 0.136. The quantitative estimate of drug-likeness (QED) is 0.461. The highest BCUT2D eigenvalue weighted by molar-refractivity contribution is 5.74. The highest BCUT2D eigenvalue weighted by Crippen LogP contribution is 2.56.